The molecule has 1 heterocycles. The van der Waals surface area contributed by atoms with Crippen LogP contribution in [0.4, 0.5) is 0 Å². The zero-order chi connectivity index (χ0) is 17.1. The molecule has 21 heavy (non-hydrogen) atoms. The molecule has 1 saturated heterocycles. The standard InChI is InChI=1S/C9H18N2O.C5H12O2.C2H6/c1-8(2)9(12)11-6-4-10(3)5-7-11;1-5(2,7)3-4-6;1-2/h8H,4-7H2,1-3H3;6-7H,3-4H2,1-2H3;1-2H3. The Hall–Kier alpha value is -0.650. The van der Waals surface area contributed by atoms with Gasteiger partial charge in [-0.15, -0.1) is 0 Å². The molecular weight excluding hydrogens is 268 g/mol. The van der Waals surface area contributed by atoms with E-state index in [0.717, 1.165) is 26.2 Å². The van der Waals surface area contributed by atoms with Crippen molar-refractivity contribution in [1.82, 2.24) is 9.80 Å². The van der Waals surface area contributed by atoms with E-state index in [4.69, 9.17) is 10.2 Å². The fourth-order valence-electron chi connectivity index (χ4n) is 1.67. The van der Waals surface area contributed by atoms with E-state index in [0.29, 0.717) is 12.3 Å². The van der Waals surface area contributed by atoms with Crippen molar-refractivity contribution in [1.29, 1.82) is 0 Å². The summed E-state index contributed by atoms with van der Waals surface area (Å²) < 4.78 is 0. The minimum atomic E-state index is -0.700. The van der Waals surface area contributed by atoms with Crippen molar-refractivity contribution in [2.75, 3.05) is 39.8 Å². The van der Waals surface area contributed by atoms with Crippen LogP contribution in [0.5, 0.6) is 0 Å². The lowest BCUT2D eigenvalue weighted by Crippen LogP contribution is -2.48. The summed E-state index contributed by atoms with van der Waals surface area (Å²) in [4.78, 5) is 15.7. The second-order valence-electron chi connectivity index (χ2n) is 6.07. The molecule has 1 amide bonds. The number of rotatable bonds is 3. The van der Waals surface area contributed by atoms with E-state index < -0.39 is 5.60 Å². The first-order valence-electron chi connectivity index (χ1n) is 7.98. The Morgan fingerprint density at radius 2 is 1.57 bits per heavy atom. The Labute approximate surface area is 130 Å². The van der Waals surface area contributed by atoms with Gasteiger partial charge in [-0.05, 0) is 27.3 Å². The first-order chi connectivity index (χ1) is 9.67. The van der Waals surface area contributed by atoms with Gasteiger partial charge in [0.1, 0.15) is 0 Å². The van der Waals surface area contributed by atoms with Crippen LogP contribution in [0, 0.1) is 5.92 Å². The van der Waals surface area contributed by atoms with Crippen molar-refractivity contribution in [3.63, 3.8) is 0 Å². The van der Waals surface area contributed by atoms with Crippen molar-refractivity contribution in [3.05, 3.63) is 0 Å². The summed E-state index contributed by atoms with van der Waals surface area (Å²) in [7, 11) is 2.09. The molecule has 0 unspecified atom stereocenters. The second-order valence-corrected chi connectivity index (χ2v) is 6.07. The average molecular weight is 304 g/mol. The van der Waals surface area contributed by atoms with Crippen LogP contribution >= 0.6 is 0 Å². The SMILES string of the molecule is CC.CC(C)(O)CCO.CC(C)C(=O)N1CCN(C)CC1. The van der Waals surface area contributed by atoms with Crippen molar-refractivity contribution in [2.45, 2.75) is 53.6 Å². The second kappa shape index (κ2) is 12.0. The molecule has 0 saturated carbocycles. The Morgan fingerprint density at radius 1 is 1.14 bits per heavy atom. The Bertz CT molecular complexity index is 255. The lowest BCUT2D eigenvalue weighted by atomic mass is 10.1. The molecule has 0 aliphatic carbocycles. The molecule has 5 nitrogen and oxygen atoms in total. The summed E-state index contributed by atoms with van der Waals surface area (Å²) in [6, 6.07) is 0. The highest BCUT2D eigenvalue weighted by Gasteiger charge is 2.20. The number of aliphatic hydroxyl groups is 2. The molecule has 1 aliphatic rings. The molecule has 0 bridgehead atoms. The fourth-order valence-corrected chi connectivity index (χ4v) is 1.67. The largest absolute Gasteiger partial charge is 0.396 e. The molecule has 2 N–H and O–H groups in total. The summed E-state index contributed by atoms with van der Waals surface area (Å²) >= 11 is 0. The van der Waals surface area contributed by atoms with Gasteiger partial charge in [-0.1, -0.05) is 27.7 Å². The summed E-state index contributed by atoms with van der Waals surface area (Å²) in [6.07, 6.45) is 0.451. The van der Waals surface area contributed by atoms with Crippen LogP contribution < -0.4 is 0 Å². The molecule has 128 valence electrons. The van der Waals surface area contributed by atoms with E-state index in [1.54, 1.807) is 13.8 Å². The predicted molar refractivity (Wildman–Crippen MR) is 88.3 cm³/mol. The molecule has 1 fully saturated rings. The predicted octanol–water partition coefficient (Wildman–Crippen LogP) is 1.58. The highest BCUT2D eigenvalue weighted by atomic mass is 16.3. The minimum Gasteiger partial charge on any atom is -0.396 e. The Kier molecular flexibility index (Phi) is 12.9. The molecule has 1 aliphatic heterocycles. The van der Waals surface area contributed by atoms with Crippen LogP contribution in [-0.4, -0.2) is 71.4 Å². The maximum Gasteiger partial charge on any atom is 0.225 e. The summed E-state index contributed by atoms with van der Waals surface area (Å²) in [5.41, 5.74) is -0.700. The normalized spacial score (nSPS) is 15.8. The van der Waals surface area contributed by atoms with Gasteiger partial charge >= 0.3 is 0 Å². The zero-order valence-corrected chi connectivity index (χ0v) is 15.0. The van der Waals surface area contributed by atoms with Crippen molar-refractivity contribution >= 4 is 5.91 Å². The molecule has 5 heteroatoms. The quantitative estimate of drug-likeness (QED) is 0.831. The summed E-state index contributed by atoms with van der Waals surface area (Å²) in [5.74, 6) is 0.441. The lowest BCUT2D eigenvalue weighted by Gasteiger charge is -2.33. The summed E-state index contributed by atoms with van der Waals surface area (Å²) in [6.45, 7) is 15.1. The van der Waals surface area contributed by atoms with Crippen molar-refractivity contribution in [2.24, 2.45) is 5.92 Å². The van der Waals surface area contributed by atoms with Gasteiger partial charge in [-0.2, -0.15) is 0 Å². The van der Waals surface area contributed by atoms with Gasteiger partial charge in [0.15, 0.2) is 0 Å². The van der Waals surface area contributed by atoms with Gasteiger partial charge in [0, 0.05) is 38.7 Å². The first-order valence-corrected chi connectivity index (χ1v) is 7.98. The molecule has 0 aromatic carbocycles. The Balaban J connectivity index is 0. The van der Waals surface area contributed by atoms with Gasteiger partial charge in [-0.3, -0.25) is 4.79 Å². The lowest BCUT2D eigenvalue weighted by molar-refractivity contribution is -0.136. The first kappa shape index (κ1) is 22.6. The van der Waals surface area contributed by atoms with E-state index >= 15 is 0 Å². The van der Waals surface area contributed by atoms with Crippen LogP contribution in [0.1, 0.15) is 48.0 Å². The van der Waals surface area contributed by atoms with Crippen LogP contribution in [0.3, 0.4) is 0 Å². The van der Waals surface area contributed by atoms with Crippen molar-refractivity contribution in [3.8, 4) is 0 Å². The number of hydrogen-bond acceptors (Lipinski definition) is 4. The number of carbonyl (C=O) groups excluding carboxylic acids is 1. The van der Waals surface area contributed by atoms with Gasteiger partial charge in [0.2, 0.25) is 5.91 Å². The monoisotopic (exact) mass is 304 g/mol. The van der Waals surface area contributed by atoms with Crippen LogP contribution in [-0.2, 0) is 4.79 Å². The van der Waals surface area contributed by atoms with Crippen molar-refractivity contribution < 1.29 is 15.0 Å². The van der Waals surface area contributed by atoms with Gasteiger partial charge in [0.25, 0.3) is 0 Å². The number of likely N-dealkylation sites (N-methyl/N-ethyl adjacent to an activating group) is 1. The molecule has 0 atom stereocenters. The third-order valence-corrected chi connectivity index (χ3v) is 3.03. The van der Waals surface area contributed by atoms with Crippen LogP contribution in [0.2, 0.25) is 0 Å². The molecule has 0 radical (unpaired) electrons. The number of aliphatic hydroxyl groups excluding tert-OH is 1. The molecule has 0 aromatic heterocycles. The Morgan fingerprint density at radius 3 is 1.81 bits per heavy atom. The fraction of sp³-hybridized carbons (Fsp3) is 0.938. The molecule has 0 aromatic rings. The number of hydrogen-bond donors (Lipinski definition) is 2. The molecular formula is C16H36N2O3. The third-order valence-electron chi connectivity index (χ3n) is 3.03. The van der Waals surface area contributed by atoms with E-state index in [-0.39, 0.29) is 12.5 Å². The molecule has 0 spiro atoms. The van der Waals surface area contributed by atoms with Crippen LogP contribution in [0.15, 0.2) is 0 Å². The van der Waals surface area contributed by atoms with E-state index in [9.17, 15) is 4.79 Å². The van der Waals surface area contributed by atoms with Crippen LogP contribution in [0.25, 0.3) is 0 Å². The maximum atomic E-state index is 11.5. The van der Waals surface area contributed by atoms with Gasteiger partial charge in [0.05, 0.1) is 5.60 Å². The average Bonchev–Trinajstić information content (AvgIpc) is 2.40. The third kappa shape index (κ3) is 12.8. The maximum absolute atomic E-state index is 11.5. The highest BCUT2D eigenvalue weighted by Crippen LogP contribution is 2.05. The number of carbonyl (C=O) groups is 1. The topological polar surface area (TPSA) is 64.0 Å². The van der Waals surface area contributed by atoms with E-state index in [1.807, 2.05) is 32.6 Å². The van der Waals surface area contributed by atoms with Gasteiger partial charge in [-0.25, -0.2) is 0 Å². The van der Waals surface area contributed by atoms with E-state index in [2.05, 4.69) is 11.9 Å². The minimum absolute atomic E-state index is 0.0590. The number of piperazine rings is 1. The number of amides is 1. The smallest absolute Gasteiger partial charge is 0.225 e. The summed E-state index contributed by atoms with van der Waals surface area (Å²) in [5, 5.41) is 17.1. The van der Waals surface area contributed by atoms with E-state index in [1.165, 1.54) is 0 Å². The highest BCUT2D eigenvalue weighted by molar-refractivity contribution is 5.78. The van der Waals surface area contributed by atoms with Gasteiger partial charge < -0.3 is 20.0 Å². The zero-order valence-electron chi connectivity index (χ0n) is 15.0. The molecule has 1 rings (SSSR count). The number of nitrogens with zero attached hydrogens (tertiary/aromatic N) is 2.